The Kier molecular flexibility index (Phi) is 3.87. The molecule has 0 aliphatic carbocycles. The van der Waals surface area contributed by atoms with Gasteiger partial charge >= 0.3 is 0 Å². The summed E-state index contributed by atoms with van der Waals surface area (Å²) in [5.41, 5.74) is 0.887. The Morgan fingerprint density at radius 1 is 1.00 bits per heavy atom. The van der Waals surface area contributed by atoms with E-state index in [0.717, 1.165) is 5.39 Å². The van der Waals surface area contributed by atoms with E-state index in [2.05, 4.69) is 36.8 Å². The molecule has 3 rings (SSSR count). The van der Waals surface area contributed by atoms with Crippen molar-refractivity contribution < 1.29 is 9.18 Å². The molecule has 5 heteroatoms. The van der Waals surface area contributed by atoms with Crippen LogP contribution in [0, 0.1) is 5.82 Å². The molecule has 0 spiro atoms. The summed E-state index contributed by atoms with van der Waals surface area (Å²) in [4.78, 5) is 16.9. The van der Waals surface area contributed by atoms with Gasteiger partial charge in [-0.05, 0) is 56.1 Å². The van der Waals surface area contributed by atoms with Crippen molar-refractivity contribution in [2.75, 3.05) is 0 Å². The minimum atomic E-state index is -0.579. The SMILES string of the molecule is O=C(c1cccc(Br)c1F)c1nc2ccccc2cc1Br. The zero-order valence-corrected chi connectivity index (χ0v) is 13.8. The Balaban J connectivity index is 2.17. The van der Waals surface area contributed by atoms with E-state index < -0.39 is 11.6 Å². The maximum Gasteiger partial charge on any atom is 0.215 e. The molecule has 0 bridgehead atoms. The van der Waals surface area contributed by atoms with Crippen molar-refractivity contribution in [1.29, 1.82) is 0 Å². The maximum absolute atomic E-state index is 14.1. The van der Waals surface area contributed by atoms with Crippen LogP contribution in [0.2, 0.25) is 0 Å². The molecule has 0 saturated carbocycles. The molecule has 2 aromatic carbocycles. The average molecular weight is 409 g/mol. The number of pyridine rings is 1. The zero-order chi connectivity index (χ0) is 15.0. The number of rotatable bonds is 2. The highest BCUT2D eigenvalue weighted by molar-refractivity contribution is 9.10. The summed E-state index contributed by atoms with van der Waals surface area (Å²) in [6.45, 7) is 0. The van der Waals surface area contributed by atoms with Crippen LogP contribution in [0.5, 0.6) is 0 Å². The molecule has 2 nitrogen and oxygen atoms in total. The number of halogens is 3. The molecule has 104 valence electrons. The number of para-hydroxylation sites is 1. The van der Waals surface area contributed by atoms with Crippen LogP contribution in [-0.4, -0.2) is 10.8 Å². The molecule has 0 radical (unpaired) electrons. The highest BCUT2D eigenvalue weighted by atomic mass is 79.9. The molecule has 0 aliphatic heterocycles. The normalized spacial score (nSPS) is 10.8. The highest BCUT2D eigenvalue weighted by Crippen LogP contribution is 2.26. The number of ketones is 1. The van der Waals surface area contributed by atoms with Gasteiger partial charge < -0.3 is 0 Å². The van der Waals surface area contributed by atoms with Gasteiger partial charge in [-0.1, -0.05) is 24.3 Å². The second-order valence-corrected chi connectivity index (χ2v) is 6.15. The molecule has 0 amide bonds. The van der Waals surface area contributed by atoms with E-state index in [1.165, 1.54) is 6.07 Å². The standard InChI is InChI=1S/C16H8Br2FNO/c17-11-6-3-5-10(14(11)19)16(21)15-12(18)8-9-4-1-2-7-13(9)20-15/h1-8H. The summed E-state index contributed by atoms with van der Waals surface area (Å²) in [6.07, 6.45) is 0. The molecular formula is C16H8Br2FNO. The van der Waals surface area contributed by atoms with Gasteiger partial charge in [0.25, 0.3) is 0 Å². The lowest BCUT2D eigenvalue weighted by molar-refractivity contribution is 0.103. The predicted octanol–water partition coefficient (Wildman–Crippen LogP) is 5.13. The Labute approximate surface area is 137 Å². The Morgan fingerprint density at radius 3 is 2.57 bits per heavy atom. The zero-order valence-electron chi connectivity index (χ0n) is 10.6. The molecule has 0 fully saturated rings. The lowest BCUT2D eigenvalue weighted by atomic mass is 10.1. The lowest BCUT2D eigenvalue weighted by Gasteiger charge is -2.07. The number of benzene rings is 2. The fourth-order valence-electron chi connectivity index (χ4n) is 2.06. The van der Waals surface area contributed by atoms with Crippen molar-refractivity contribution in [2.24, 2.45) is 0 Å². The number of hydrogen-bond acceptors (Lipinski definition) is 2. The van der Waals surface area contributed by atoms with Crippen molar-refractivity contribution in [3.05, 3.63) is 74.6 Å². The second-order valence-electron chi connectivity index (χ2n) is 4.44. The summed E-state index contributed by atoms with van der Waals surface area (Å²) in [5.74, 6) is -1.03. The van der Waals surface area contributed by atoms with Crippen LogP contribution >= 0.6 is 31.9 Å². The quantitative estimate of drug-likeness (QED) is 0.550. The molecule has 21 heavy (non-hydrogen) atoms. The van der Waals surface area contributed by atoms with E-state index in [1.54, 1.807) is 12.1 Å². The fourth-order valence-corrected chi connectivity index (χ4v) is 2.94. The summed E-state index contributed by atoms with van der Waals surface area (Å²) >= 11 is 6.43. The molecule has 0 N–H and O–H groups in total. The van der Waals surface area contributed by atoms with Crippen LogP contribution in [0.25, 0.3) is 10.9 Å². The second kappa shape index (κ2) is 5.66. The number of carbonyl (C=O) groups excluding carboxylic acids is 1. The maximum atomic E-state index is 14.1. The fraction of sp³-hybridized carbons (Fsp3) is 0. The van der Waals surface area contributed by atoms with E-state index >= 15 is 0 Å². The Bertz CT molecular complexity index is 864. The molecular weight excluding hydrogens is 401 g/mol. The van der Waals surface area contributed by atoms with E-state index in [-0.39, 0.29) is 15.7 Å². The third-order valence-corrected chi connectivity index (χ3v) is 4.31. The van der Waals surface area contributed by atoms with Gasteiger partial charge in [0.05, 0.1) is 15.6 Å². The molecule has 0 saturated heterocycles. The topological polar surface area (TPSA) is 30.0 Å². The third-order valence-electron chi connectivity index (χ3n) is 3.09. The first kappa shape index (κ1) is 14.4. The molecule has 3 aromatic rings. The molecule has 1 aromatic heterocycles. The van der Waals surface area contributed by atoms with Gasteiger partial charge in [0.2, 0.25) is 5.78 Å². The minimum Gasteiger partial charge on any atom is -0.287 e. The predicted molar refractivity (Wildman–Crippen MR) is 87.0 cm³/mol. The van der Waals surface area contributed by atoms with Gasteiger partial charge in [0.15, 0.2) is 0 Å². The van der Waals surface area contributed by atoms with Crippen LogP contribution < -0.4 is 0 Å². The molecule has 0 unspecified atom stereocenters. The van der Waals surface area contributed by atoms with Crippen LogP contribution in [-0.2, 0) is 0 Å². The van der Waals surface area contributed by atoms with E-state index in [0.29, 0.717) is 9.99 Å². The first-order valence-electron chi connectivity index (χ1n) is 6.12. The number of hydrogen-bond donors (Lipinski definition) is 0. The molecule has 1 heterocycles. The van der Waals surface area contributed by atoms with E-state index in [4.69, 9.17) is 0 Å². The highest BCUT2D eigenvalue weighted by Gasteiger charge is 2.20. The summed E-state index contributed by atoms with van der Waals surface area (Å²) in [7, 11) is 0. The first-order chi connectivity index (χ1) is 10.1. The average Bonchev–Trinajstić information content (AvgIpc) is 2.48. The van der Waals surface area contributed by atoms with Crippen molar-refractivity contribution in [3.63, 3.8) is 0 Å². The van der Waals surface area contributed by atoms with Crippen LogP contribution in [0.3, 0.4) is 0 Å². The van der Waals surface area contributed by atoms with Gasteiger partial charge in [-0.15, -0.1) is 0 Å². The van der Waals surface area contributed by atoms with Crippen LogP contribution in [0.4, 0.5) is 4.39 Å². The minimum absolute atomic E-state index is 0.00661. The first-order valence-corrected chi connectivity index (χ1v) is 7.70. The smallest absolute Gasteiger partial charge is 0.215 e. The number of carbonyl (C=O) groups is 1. The van der Waals surface area contributed by atoms with Crippen molar-refractivity contribution >= 4 is 48.5 Å². The van der Waals surface area contributed by atoms with Gasteiger partial charge in [-0.2, -0.15) is 0 Å². The van der Waals surface area contributed by atoms with E-state index in [1.807, 2.05) is 30.3 Å². The monoisotopic (exact) mass is 407 g/mol. The van der Waals surface area contributed by atoms with E-state index in [9.17, 15) is 9.18 Å². The molecule has 0 aliphatic rings. The molecule has 0 atom stereocenters. The Morgan fingerprint density at radius 2 is 1.76 bits per heavy atom. The van der Waals surface area contributed by atoms with Crippen molar-refractivity contribution in [3.8, 4) is 0 Å². The number of nitrogens with zero attached hydrogens (tertiary/aromatic N) is 1. The Hall–Kier alpha value is -1.59. The summed E-state index contributed by atoms with van der Waals surface area (Å²) in [6, 6.07) is 13.9. The largest absolute Gasteiger partial charge is 0.287 e. The summed E-state index contributed by atoms with van der Waals surface area (Å²) < 4.78 is 14.9. The van der Waals surface area contributed by atoms with Gasteiger partial charge in [0.1, 0.15) is 11.5 Å². The third kappa shape index (κ3) is 2.63. The van der Waals surface area contributed by atoms with Crippen molar-refractivity contribution in [1.82, 2.24) is 4.98 Å². The van der Waals surface area contributed by atoms with Crippen LogP contribution in [0.1, 0.15) is 16.1 Å². The van der Waals surface area contributed by atoms with Crippen molar-refractivity contribution in [2.45, 2.75) is 0 Å². The van der Waals surface area contributed by atoms with Gasteiger partial charge in [-0.3, -0.25) is 4.79 Å². The number of fused-ring (bicyclic) bond motifs is 1. The van der Waals surface area contributed by atoms with Gasteiger partial charge in [0, 0.05) is 9.86 Å². The van der Waals surface area contributed by atoms with Crippen LogP contribution in [0.15, 0.2) is 57.5 Å². The lowest BCUT2D eigenvalue weighted by Crippen LogP contribution is -2.08. The van der Waals surface area contributed by atoms with Gasteiger partial charge in [-0.25, -0.2) is 9.37 Å². The summed E-state index contributed by atoms with van der Waals surface area (Å²) in [5, 5.41) is 0.913. The number of aromatic nitrogens is 1.